The van der Waals surface area contributed by atoms with E-state index in [1.807, 2.05) is 6.92 Å². The number of nitrogens with zero attached hydrogens (tertiary/aromatic N) is 2. The molecule has 1 heterocycles. The molecule has 4 nitrogen and oxygen atoms in total. The summed E-state index contributed by atoms with van der Waals surface area (Å²) in [4.78, 5) is 25.3. The van der Waals surface area contributed by atoms with E-state index in [2.05, 4.69) is 15.9 Å². The molecular weight excluding hydrogens is 389 g/mol. The fraction of sp³-hybridized carbons (Fsp3) is 0.250. The number of pyridine rings is 1. The molecule has 0 bridgehead atoms. The average molecular weight is 403 g/mol. The molecule has 0 fully saturated rings. The molecule has 0 radical (unpaired) electrons. The highest BCUT2D eigenvalue weighted by Gasteiger charge is 2.31. The van der Waals surface area contributed by atoms with Crippen LogP contribution in [-0.4, -0.2) is 17.5 Å². The van der Waals surface area contributed by atoms with Crippen LogP contribution < -0.4 is 10.5 Å². The smallest absolute Gasteiger partial charge is 0.314 e. The van der Waals surface area contributed by atoms with Gasteiger partial charge in [-0.1, -0.05) is 15.9 Å². The van der Waals surface area contributed by atoms with Crippen LogP contribution in [0.2, 0.25) is 0 Å². The maximum Gasteiger partial charge on any atom is 0.417 e. The van der Waals surface area contributed by atoms with Crippen LogP contribution in [0.5, 0.6) is 0 Å². The number of carbonyl (C=O) groups is 1. The van der Waals surface area contributed by atoms with Crippen molar-refractivity contribution in [3.8, 4) is 0 Å². The van der Waals surface area contributed by atoms with E-state index >= 15 is 0 Å². The van der Waals surface area contributed by atoms with Gasteiger partial charge in [-0.25, -0.2) is 0 Å². The van der Waals surface area contributed by atoms with Crippen LogP contribution in [0.15, 0.2) is 45.8 Å². The summed E-state index contributed by atoms with van der Waals surface area (Å²) in [5.74, 6) is -0.502. The Hall–Kier alpha value is -2.09. The number of rotatable bonds is 3. The normalized spacial score (nSPS) is 11.4. The Morgan fingerprint density at radius 1 is 1.25 bits per heavy atom. The first-order valence-electron chi connectivity index (χ1n) is 6.90. The molecule has 1 aromatic carbocycles. The van der Waals surface area contributed by atoms with Gasteiger partial charge in [-0.05, 0) is 36.8 Å². The Morgan fingerprint density at radius 3 is 2.50 bits per heavy atom. The monoisotopic (exact) mass is 402 g/mol. The van der Waals surface area contributed by atoms with Gasteiger partial charge in [0.25, 0.3) is 5.56 Å². The highest BCUT2D eigenvalue weighted by Crippen LogP contribution is 2.28. The predicted molar refractivity (Wildman–Crippen MR) is 88.0 cm³/mol. The average Bonchev–Trinajstić information content (AvgIpc) is 2.50. The van der Waals surface area contributed by atoms with E-state index in [-0.39, 0.29) is 0 Å². The maximum absolute atomic E-state index is 12.7. The van der Waals surface area contributed by atoms with Crippen LogP contribution in [-0.2, 0) is 17.5 Å². The third-order valence-electron chi connectivity index (χ3n) is 3.52. The van der Waals surface area contributed by atoms with Crippen molar-refractivity contribution in [1.82, 2.24) is 4.57 Å². The third-order valence-corrected chi connectivity index (χ3v) is 4.41. The molecule has 0 aliphatic heterocycles. The molecule has 0 aliphatic rings. The highest BCUT2D eigenvalue weighted by atomic mass is 79.9. The molecule has 1 amide bonds. The molecule has 0 saturated carbocycles. The van der Waals surface area contributed by atoms with Gasteiger partial charge >= 0.3 is 6.18 Å². The van der Waals surface area contributed by atoms with Crippen LogP contribution in [0, 0.1) is 6.92 Å². The van der Waals surface area contributed by atoms with Crippen molar-refractivity contribution in [3.05, 3.63) is 62.5 Å². The lowest BCUT2D eigenvalue weighted by molar-refractivity contribution is -0.138. The second-order valence-corrected chi connectivity index (χ2v) is 6.12. The second kappa shape index (κ2) is 6.80. The molecule has 24 heavy (non-hydrogen) atoms. The number of halogens is 4. The first-order chi connectivity index (χ1) is 11.1. The van der Waals surface area contributed by atoms with Crippen LogP contribution in [0.4, 0.5) is 18.9 Å². The van der Waals surface area contributed by atoms with E-state index in [1.165, 1.54) is 11.9 Å². The van der Waals surface area contributed by atoms with Crippen LogP contribution in [0.3, 0.4) is 0 Å². The molecule has 0 N–H and O–H groups in total. The van der Waals surface area contributed by atoms with Crippen molar-refractivity contribution in [2.75, 3.05) is 11.9 Å². The molecule has 2 aromatic rings. The van der Waals surface area contributed by atoms with Gasteiger partial charge in [-0.3, -0.25) is 9.59 Å². The highest BCUT2D eigenvalue weighted by molar-refractivity contribution is 9.10. The van der Waals surface area contributed by atoms with Gasteiger partial charge in [0.15, 0.2) is 0 Å². The van der Waals surface area contributed by atoms with Gasteiger partial charge in [-0.2, -0.15) is 13.2 Å². The Morgan fingerprint density at radius 2 is 1.92 bits per heavy atom. The van der Waals surface area contributed by atoms with E-state index in [1.54, 1.807) is 18.2 Å². The number of likely N-dealkylation sites (N-methyl/N-ethyl adjacent to an activating group) is 1. The van der Waals surface area contributed by atoms with Crippen LogP contribution in [0.25, 0.3) is 0 Å². The lowest BCUT2D eigenvalue weighted by atomic mass is 10.2. The summed E-state index contributed by atoms with van der Waals surface area (Å²) in [5.41, 5.74) is -0.155. The van der Waals surface area contributed by atoms with Gasteiger partial charge in [0.2, 0.25) is 5.91 Å². The van der Waals surface area contributed by atoms with Gasteiger partial charge < -0.3 is 9.47 Å². The minimum absolute atomic E-state index is 0.478. The molecule has 1 aromatic heterocycles. The summed E-state index contributed by atoms with van der Waals surface area (Å²) >= 11 is 3.35. The van der Waals surface area contributed by atoms with Crippen molar-refractivity contribution in [1.29, 1.82) is 0 Å². The molecule has 0 spiro atoms. The minimum Gasteiger partial charge on any atom is -0.314 e. The van der Waals surface area contributed by atoms with Gasteiger partial charge in [0, 0.05) is 29.5 Å². The largest absolute Gasteiger partial charge is 0.417 e. The second-order valence-electron chi connectivity index (χ2n) is 5.27. The van der Waals surface area contributed by atoms with Gasteiger partial charge in [0.1, 0.15) is 6.54 Å². The van der Waals surface area contributed by atoms with Gasteiger partial charge in [0.05, 0.1) is 5.56 Å². The summed E-state index contributed by atoms with van der Waals surface area (Å²) in [7, 11) is 1.50. The summed E-state index contributed by atoms with van der Waals surface area (Å²) in [6, 6.07) is 6.73. The van der Waals surface area contributed by atoms with Gasteiger partial charge in [-0.15, -0.1) is 0 Å². The summed E-state index contributed by atoms with van der Waals surface area (Å²) in [6.45, 7) is 1.37. The number of carbonyl (C=O) groups excluding carboxylic acids is 1. The first-order valence-corrected chi connectivity index (χ1v) is 7.69. The number of aromatic nitrogens is 1. The summed E-state index contributed by atoms with van der Waals surface area (Å²) in [5, 5.41) is 0. The fourth-order valence-electron chi connectivity index (χ4n) is 2.06. The Balaban J connectivity index is 2.25. The van der Waals surface area contributed by atoms with Crippen LogP contribution in [0.1, 0.15) is 11.1 Å². The number of hydrogen-bond donors (Lipinski definition) is 0. The maximum atomic E-state index is 12.7. The molecular formula is C16H14BrF3N2O2. The zero-order valence-electron chi connectivity index (χ0n) is 12.9. The van der Waals surface area contributed by atoms with Crippen molar-refractivity contribution < 1.29 is 18.0 Å². The van der Waals surface area contributed by atoms with E-state index in [0.29, 0.717) is 18.0 Å². The third kappa shape index (κ3) is 4.05. The molecule has 128 valence electrons. The van der Waals surface area contributed by atoms with Crippen molar-refractivity contribution in [2.45, 2.75) is 19.6 Å². The molecule has 0 saturated heterocycles. The summed E-state index contributed by atoms with van der Waals surface area (Å²) < 4.78 is 39.8. The minimum atomic E-state index is -4.58. The predicted octanol–water partition coefficient (Wildman–Crippen LogP) is 3.60. The Labute approximate surface area is 144 Å². The van der Waals surface area contributed by atoms with Crippen molar-refractivity contribution >= 4 is 27.5 Å². The summed E-state index contributed by atoms with van der Waals surface area (Å²) in [6.07, 6.45) is -3.92. The number of hydrogen-bond acceptors (Lipinski definition) is 2. The number of benzene rings is 1. The Kier molecular flexibility index (Phi) is 5.17. The Bertz CT molecular complexity index is 831. The number of anilines is 1. The molecule has 0 aliphatic carbocycles. The lowest BCUT2D eigenvalue weighted by Crippen LogP contribution is -2.34. The first kappa shape index (κ1) is 18.3. The van der Waals surface area contributed by atoms with E-state index < -0.39 is 29.8 Å². The SMILES string of the molecule is Cc1cc(N(C)C(=O)Cn2cc(C(F)(F)F)ccc2=O)ccc1Br. The standard InChI is InChI=1S/C16H14BrF3N2O2/c1-10-7-12(4-5-13(10)17)21(2)15(24)9-22-8-11(16(18,19)20)3-6-14(22)23/h3-8H,9H2,1-2H3. The molecule has 8 heteroatoms. The molecule has 0 atom stereocenters. The number of alkyl halides is 3. The zero-order chi connectivity index (χ0) is 18.1. The zero-order valence-corrected chi connectivity index (χ0v) is 14.5. The number of aryl methyl sites for hydroxylation is 1. The quantitative estimate of drug-likeness (QED) is 0.786. The van der Waals surface area contributed by atoms with Crippen molar-refractivity contribution in [3.63, 3.8) is 0 Å². The topological polar surface area (TPSA) is 42.3 Å². The fourth-order valence-corrected chi connectivity index (χ4v) is 2.30. The van der Waals surface area contributed by atoms with E-state index in [0.717, 1.165) is 20.7 Å². The molecule has 2 rings (SSSR count). The number of amides is 1. The van der Waals surface area contributed by atoms with E-state index in [9.17, 15) is 22.8 Å². The lowest BCUT2D eigenvalue weighted by Gasteiger charge is -2.19. The van der Waals surface area contributed by atoms with Crippen molar-refractivity contribution in [2.24, 2.45) is 0 Å². The van der Waals surface area contributed by atoms with E-state index in [4.69, 9.17) is 0 Å². The molecule has 0 unspecified atom stereocenters. The van der Waals surface area contributed by atoms with Crippen LogP contribution >= 0.6 is 15.9 Å².